The molecule has 10 heavy (non-hydrogen) atoms. The third-order valence-corrected chi connectivity index (χ3v) is 3.81. The van der Waals surface area contributed by atoms with E-state index in [0.717, 1.165) is 0 Å². The Hall–Kier alpha value is 0.110. The first-order valence-corrected chi connectivity index (χ1v) is 5.04. The summed E-state index contributed by atoms with van der Waals surface area (Å²) < 4.78 is 11.0. The molecule has 0 radical (unpaired) electrons. The van der Waals surface area contributed by atoms with E-state index in [0.29, 0.717) is 17.9 Å². The van der Waals surface area contributed by atoms with Crippen molar-refractivity contribution in [3.63, 3.8) is 0 Å². The van der Waals surface area contributed by atoms with E-state index >= 15 is 0 Å². The van der Waals surface area contributed by atoms with Gasteiger partial charge in [-0.25, -0.2) is 0 Å². The van der Waals surface area contributed by atoms with Crippen LogP contribution in [0.25, 0.3) is 0 Å². The minimum atomic E-state index is -0.690. The molecule has 1 aliphatic rings. The van der Waals surface area contributed by atoms with E-state index in [1.54, 1.807) is 0 Å². The van der Waals surface area contributed by atoms with Crippen molar-refractivity contribution in [2.24, 2.45) is 5.41 Å². The molecule has 1 fully saturated rings. The summed E-state index contributed by atoms with van der Waals surface area (Å²) in [6.45, 7) is 3.93. The fourth-order valence-electron chi connectivity index (χ4n) is 1.22. The van der Waals surface area contributed by atoms with Gasteiger partial charge in [0.25, 0.3) is 0 Å². The molecular weight excluding hydrogens is 148 g/mol. The second kappa shape index (κ2) is 2.62. The largest absolute Gasteiger partial charge is 0.393 e. The molecule has 60 valence electrons. The van der Waals surface area contributed by atoms with Crippen molar-refractivity contribution in [2.45, 2.75) is 26.4 Å². The first-order chi connectivity index (χ1) is 4.52. The molecule has 0 unspecified atom stereocenters. The maximum absolute atomic E-state index is 11.0. The van der Waals surface area contributed by atoms with Gasteiger partial charge in [-0.3, -0.25) is 4.21 Å². The zero-order valence-corrected chi connectivity index (χ0v) is 7.28. The fraction of sp³-hybridized carbons (Fsp3) is 1.00. The van der Waals surface area contributed by atoms with E-state index in [4.69, 9.17) is 0 Å². The zero-order valence-electron chi connectivity index (χ0n) is 6.46. The minimum absolute atomic E-state index is 0.136. The first kappa shape index (κ1) is 8.21. The van der Waals surface area contributed by atoms with Crippen LogP contribution in [0.3, 0.4) is 0 Å². The number of rotatable bonds is 0. The third-order valence-electron chi connectivity index (χ3n) is 2.05. The lowest BCUT2D eigenvalue weighted by Gasteiger charge is -2.34. The molecule has 0 aromatic carbocycles. The summed E-state index contributed by atoms with van der Waals surface area (Å²) in [5.74, 6) is 1.32. The molecule has 0 spiro atoms. The Morgan fingerprint density at radius 2 is 2.20 bits per heavy atom. The Balaban J connectivity index is 2.63. The van der Waals surface area contributed by atoms with E-state index in [-0.39, 0.29) is 11.5 Å². The summed E-state index contributed by atoms with van der Waals surface area (Å²) >= 11 is 0. The summed E-state index contributed by atoms with van der Waals surface area (Å²) in [6, 6.07) is 0. The summed E-state index contributed by atoms with van der Waals surface area (Å²) in [5.41, 5.74) is -0.136. The zero-order chi connectivity index (χ0) is 7.78. The van der Waals surface area contributed by atoms with Gasteiger partial charge in [0.05, 0.1) is 6.10 Å². The van der Waals surface area contributed by atoms with Crippen LogP contribution in [0.2, 0.25) is 0 Å². The quantitative estimate of drug-likeness (QED) is 0.564. The molecule has 1 aliphatic heterocycles. The molecule has 2 nitrogen and oxygen atoms in total. The average molecular weight is 162 g/mol. The maximum atomic E-state index is 11.0. The van der Waals surface area contributed by atoms with Gasteiger partial charge in [-0.1, -0.05) is 13.8 Å². The summed E-state index contributed by atoms with van der Waals surface area (Å²) in [4.78, 5) is 0. The van der Waals surface area contributed by atoms with Crippen LogP contribution in [0.15, 0.2) is 0 Å². The van der Waals surface area contributed by atoms with Crippen LogP contribution in [-0.4, -0.2) is 26.9 Å². The van der Waals surface area contributed by atoms with Crippen molar-refractivity contribution in [2.75, 3.05) is 11.5 Å². The van der Waals surface area contributed by atoms with E-state index in [1.165, 1.54) is 0 Å². The van der Waals surface area contributed by atoms with Crippen molar-refractivity contribution in [1.82, 2.24) is 0 Å². The number of aliphatic hydroxyl groups excluding tert-OH is 1. The second-order valence-electron chi connectivity index (χ2n) is 3.58. The molecule has 3 heteroatoms. The highest BCUT2D eigenvalue weighted by molar-refractivity contribution is 7.85. The normalized spacial score (nSPS) is 39.5. The molecular formula is C7H14O2S. The lowest BCUT2D eigenvalue weighted by Crippen LogP contribution is -2.40. The van der Waals surface area contributed by atoms with Gasteiger partial charge in [0, 0.05) is 27.7 Å². The summed E-state index contributed by atoms with van der Waals surface area (Å²) in [5, 5.41) is 9.42. The molecule has 0 aromatic rings. The van der Waals surface area contributed by atoms with Crippen LogP contribution >= 0.6 is 0 Å². The van der Waals surface area contributed by atoms with E-state index in [9.17, 15) is 9.32 Å². The monoisotopic (exact) mass is 162 g/mol. The van der Waals surface area contributed by atoms with Crippen molar-refractivity contribution >= 4 is 10.8 Å². The molecule has 0 bridgehead atoms. The Kier molecular flexibility index (Phi) is 2.15. The molecule has 1 N–H and O–H groups in total. The summed E-state index contributed by atoms with van der Waals surface area (Å²) in [7, 11) is -0.690. The number of aliphatic hydroxyl groups is 1. The number of hydrogen-bond acceptors (Lipinski definition) is 2. The molecule has 0 aliphatic carbocycles. The lowest BCUT2D eigenvalue weighted by molar-refractivity contribution is 0.0587. The van der Waals surface area contributed by atoms with Gasteiger partial charge in [0.2, 0.25) is 0 Å². The van der Waals surface area contributed by atoms with Gasteiger partial charge < -0.3 is 5.11 Å². The van der Waals surface area contributed by atoms with E-state index in [1.807, 2.05) is 13.8 Å². The van der Waals surface area contributed by atoms with Gasteiger partial charge in [-0.05, 0) is 6.42 Å². The van der Waals surface area contributed by atoms with Gasteiger partial charge in [-0.15, -0.1) is 0 Å². The van der Waals surface area contributed by atoms with Crippen LogP contribution in [0, 0.1) is 5.41 Å². The van der Waals surface area contributed by atoms with Crippen LogP contribution in [-0.2, 0) is 10.8 Å². The smallest absolute Gasteiger partial charge is 0.0608 e. The lowest BCUT2D eigenvalue weighted by atomic mass is 9.87. The number of hydrogen-bond donors (Lipinski definition) is 1. The van der Waals surface area contributed by atoms with Crippen LogP contribution in [0.4, 0.5) is 0 Å². The maximum Gasteiger partial charge on any atom is 0.0608 e. The highest BCUT2D eigenvalue weighted by atomic mass is 32.2. The molecule has 1 heterocycles. The standard InChI is InChI=1S/C7H14O2S/c1-7(2)5-10(9)4-3-6(7)8/h6,8H,3-5H2,1-2H3/t6-,10-/m0/s1. The highest BCUT2D eigenvalue weighted by Gasteiger charge is 2.33. The van der Waals surface area contributed by atoms with Crippen molar-refractivity contribution < 1.29 is 9.32 Å². The Morgan fingerprint density at radius 3 is 2.60 bits per heavy atom. The van der Waals surface area contributed by atoms with Crippen molar-refractivity contribution in [3.8, 4) is 0 Å². The summed E-state index contributed by atoms with van der Waals surface area (Å²) in [6.07, 6.45) is 0.435. The fourth-order valence-corrected chi connectivity index (χ4v) is 2.87. The average Bonchev–Trinajstić information content (AvgIpc) is 1.78. The van der Waals surface area contributed by atoms with Crippen LogP contribution in [0.1, 0.15) is 20.3 Å². The molecule has 0 amide bonds. The van der Waals surface area contributed by atoms with Crippen molar-refractivity contribution in [1.29, 1.82) is 0 Å². The van der Waals surface area contributed by atoms with Crippen molar-refractivity contribution in [3.05, 3.63) is 0 Å². The Labute approximate surface area is 64.1 Å². The molecule has 2 atom stereocenters. The first-order valence-electron chi connectivity index (χ1n) is 3.55. The Morgan fingerprint density at radius 1 is 1.60 bits per heavy atom. The van der Waals surface area contributed by atoms with Gasteiger partial charge in [-0.2, -0.15) is 0 Å². The van der Waals surface area contributed by atoms with E-state index < -0.39 is 10.8 Å². The van der Waals surface area contributed by atoms with Gasteiger partial charge in [0.15, 0.2) is 0 Å². The third kappa shape index (κ3) is 1.58. The van der Waals surface area contributed by atoms with Gasteiger partial charge >= 0.3 is 0 Å². The van der Waals surface area contributed by atoms with Crippen LogP contribution < -0.4 is 0 Å². The second-order valence-corrected chi connectivity index (χ2v) is 5.16. The predicted molar refractivity (Wildman–Crippen MR) is 42.3 cm³/mol. The molecule has 1 rings (SSSR count). The topological polar surface area (TPSA) is 37.3 Å². The van der Waals surface area contributed by atoms with Gasteiger partial charge in [0.1, 0.15) is 0 Å². The molecule has 0 aromatic heterocycles. The highest BCUT2D eigenvalue weighted by Crippen LogP contribution is 2.28. The Bertz CT molecular complexity index is 154. The minimum Gasteiger partial charge on any atom is -0.393 e. The molecule has 1 saturated heterocycles. The predicted octanol–water partition coefficient (Wildman–Crippen LogP) is 0.526. The SMILES string of the molecule is CC1(C)C[S@@](=O)CC[C@@H]1O. The van der Waals surface area contributed by atoms with E-state index in [2.05, 4.69) is 0 Å². The van der Waals surface area contributed by atoms with Crippen LogP contribution in [0.5, 0.6) is 0 Å². The molecule has 0 saturated carbocycles.